The monoisotopic (exact) mass is 285 g/mol. The SMILES string of the molecule is CC(NCC1CCCO1)(C(=O)O)c1cc(F)ccc1F. The molecule has 2 atom stereocenters. The molecule has 6 heteroatoms. The van der Waals surface area contributed by atoms with Crippen molar-refractivity contribution in [2.75, 3.05) is 13.2 Å². The minimum Gasteiger partial charge on any atom is -0.480 e. The van der Waals surface area contributed by atoms with Crippen LogP contribution in [0.2, 0.25) is 0 Å². The molecular weight excluding hydrogens is 268 g/mol. The summed E-state index contributed by atoms with van der Waals surface area (Å²) >= 11 is 0. The second-order valence-electron chi connectivity index (χ2n) is 5.07. The van der Waals surface area contributed by atoms with E-state index in [-0.39, 0.29) is 18.2 Å². The molecule has 2 N–H and O–H groups in total. The van der Waals surface area contributed by atoms with Crippen molar-refractivity contribution in [1.82, 2.24) is 5.32 Å². The molecule has 0 spiro atoms. The zero-order valence-electron chi connectivity index (χ0n) is 11.2. The van der Waals surface area contributed by atoms with E-state index in [9.17, 15) is 18.7 Å². The Labute approximate surface area is 115 Å². The zero-order valence-corrected chi connectivity index (χ0v) is 11.2. The topological polar surface area (TPSA) is 58.6 Å². The maximum atomic E-state index is 13.8. The molecule has 4 nitrogen and oxygen atoms in total. The second kappa shape index (κ2) is 5.85. The van der Waals surface area contributed by atoms with Gasteiger partial charge in [-0.05, 0) is 38.0 Å². The third-order valence-electron chi connectivity index (χ3n) is 3.60. The first-order valence-corrected chi connectivity index (χ1v) is 6.49. The van der Waals surface area contributed by atoms with Gasteiger partial charge < -0.3 is 9.84 Å². The van der Waals surface area contributed by atoms with Gasteiger partial charge in [0.05, 0.1) is 6.10 Å². The predicted molar refractivity (Wildman–Crippen MR) is 68.3 cm³/mol. The summed E-state index contributed by atoms with van der Waals surface area (Å²) in [7, 11) is 0. The lowest BCUT2D eigenvalue weighted by Gasteiger charge is -2.28. The van der Waals surface area contributed by atoms with E-state index >= 15 is 0 Å². The number of aliphatic carboxylic acids is 1. The molecule has 0 amide bonds. The van der Waals surface area contributed by atoms with Crippen molar-refractivity contribution in [3.05, 3.63) is 35.4 Å². The minimum absolute atomic E-state index is 0.0923. The van der Waals surface area contributed by atoms with Gasteiger partial charge in [-0.2, -0.15) is 0 Å². The lowest BCUT2D eigenvalue weighted by Crippen LogP contribution is -2.49. The van der Waals surface area contributed by atoms with Crippen molar-refractivity contribution in [3.63, 3.8) is 0 Å². The summed E-state index contributed by atoms with van der Waals surface area (Å²) in [6.07, 6.45) is 1.66. The van der Waals surface area contributed by atoms with Crippen LogP contribution in [0.15, 0.2) is 18.2 Å². The maximum absolute atomic E-state index is 13.8. The van der Waals surface area contributed by atoms with E-state index in [1.54, 1.807) is 0 Å². The number of hydrogen-bond donors (Lipinski definition) is 2. The van der Waals surface area contributed by atoms with Gasteiger partial charge in [0, 0.05) is 18.7 Å². The largest absolute Gasteiger partial charge is 0.480 e. The normalized spacial score (nSPS) is 21.6. The van der Waals surface area contributed by atoms with Gasteiger partial charge in [0.15, 0.2) is 0 Å². The van der Waals surface area contributed by atoms with Gasteiger partial charge in [-0.15, -0.1) is 0 Å². The first-order valence-electron chi connectivity index (χ1n) is 6.49. The lowest BCUT2D eigenvalue weighted by atomic mass is 9.91. The molecule has 0 aliphatic carbocycles. The van der Waals surface area contributed by atoms with Gasteiger partial charge in [-0.3, -0.25) is 5.32 Å². The van der Waals surface area contributed by atoms with Crippen molar-refractivity contribution in [2.45, 2.75) is 31.4 Å². The van der Waals surface area contributed by atoms with E-state index < -0.39 is 23.1 Å². The molecule has 0 aromatic heterocycles. The van der Waals surface area contributed by atoms with Crippen LogP contribution in [0, 0.1) is 11.6 Å². The fourth-order valence-electron chi connectivity index (χ4n) is 2.29. The van der Waals surface area contributed by atoms with E-state index in [2.05, 4.69) is 5.32 Å². The predicted octanol–water partition coefficient (Wildman–Crippen LogP) is 2.03. The number of carboxylic acid groups (broad SMARTS) is 1. The van der Waals surface area contributed by atoms with Crippen molar-refractivity contribution in [2.24, 2.45) is 0 Å². The highest BCUT2D eigenvalue weighted by atomic mass is 19.1. The Hall–Kier alpha value is -1.53. The number of rotatable bonds is 5. The van der Waals surface area contributed by atoms with Crippen molar-refractivity contribution in [3.8, 4) is 0 Å². The number of ether oxygens (including phenoxy) is 1. The molecule has 1 aliphatic heterocycles. The molecular formula is C14H17F2NO3. The third kappa shape index (κ3) is 2.96. The van der Waals surface area contributed by atoms with Crippen LogP contribution in [-0.4, -0.2) is 30.3 Å². The Kier molecular flexibility index (Phi) is 4.35. The summed E-state index contributed by atoms with van der Waals surface area (Å²) in [5.41, 5.74) is -1.92. The third-order valence-corrected chi connectivity index (χ3v) is 3.60. The average Bonchev–Trinajstić information content (AvgIpc) is 2.92. The van der Waals surface area contributed by atoms with Gasteiger partial charge in [-0.25, -0.2) is 13.6 Å². The van der Waals surface area contributed by atoms with Crippen LogP contribution in [0.1, 0.15) is 25.3 Å². The van der Waals surface area contributed by atoms with Gasteiger partial charge >= 0.3 is 5.97 Å². The van der Waals surface area contributed by atoms with Crippen molar-refractivity contribution in [1.29, 1.82) is 0 Å². The molecule has 20 heavy (non-hydrogen) atoms. The Balaban J connectivity index is 2.23. The molecule has 1 saturated heterocycles. The quantitative estimate of drug-likeness (QED) is 0.869. The van der Waals surface area contributed by atoms with Gasteiger partial charge in [0.1, 0.15) is 17.2 Å². The highest BCUT2D eigenvalue weighted by Crippen LogP contribution is 2.25. The summed E-state index contributed by atoms with van der Waals surface area (Å²) in [6.45, 7) is 2.24. The highest BCUT2D eigenvalue weighted by molar-refractivity contribution is 5.80. The summed E-state index contributed by atoms with van der Waals surface area (Å²) in [5.74, 6) is -2.69. The highest BCUT2D eigenvalue weighted by Gasteiger charge is 2.38. The van der Waals surface area contributed by atoms with Crippen LogP contribution in [0.25, 0.3) is 0 Å². The molecule has 1 aromatic carbocycles. The Morgan fingerprint density at radius 1 is 1.55 bits per heavy atom. The Bertz CT molecular complexity index is 503. The second-order valence-corrected chi connectivity index (χ2v) is 5.07. The molecule has 2 unspecified atom stereocenters. The number of carbonyl (C=O) groups is 1. The first kappa shape index (κ1) is 14.9. The smallest absolute Gasteiger partial charge is 0.328 e. The fourth-order valence-corrected chi connectivity index (χ4v) is 2.29. The molecule has 1 fully saturated rings. The molecule has 0 radical (unpaired) electrons. The first-order chi connectivity index (χ1) is 9.43. The van der Waals surface area contributed by atoms with Crippen molar-refractivity contribution < 1.29 is 23.4 Å². The minimum atomic E-state index is -1.70. The number of halogens is 2. The Morgan fingerprint density at radius 2 is 2.30 bits per heavy atom. The van der Waals surface area contributed by atoms with E-state index in [1.807, 2.05) is 0 Å². The van der Waals surface area contributed by atoms with Gasteiger partial charge in [0.25, 0.3) is 0 Å². The van der Waals surface area contributed by atoms with Crippen LogP contribution in [-0.2, 0) is 15.1 Å². The van der Waals surface area contributed by atoms with Crippen LogP contribution in [0.4, 0.5) is 8.78 Å². The molecule has 2 rings (SSSR count). The van der Waals surface area contributed by atoms with Crippen LogP contribution in [0.3, 0.4) is 0 Å². The summed E-state index contributed by atoms with van der Waals surface area (Å²) < 4.78 is 32.5. The lowest BCUT2D eigenvalue weighted by molar-refractivity contribution is -0.145. The number of carboxylic acids is 1. The number of nitrogens with one attached hydrogen (secondary N) is 1. The zero-order chi connectivity index (χ0) is 14.8. The van der Waals surface area contributed by atoms with Gasteiger partial charge in [0.2, 0.25) is 0 Å². The van der Waals surface area contributed by atoms with E-state index in [1.165, 1.54) is 6.92 Å². The number of benzene rings is 1. The fraction of sp³-hybridized carbons (Fsp3) is 0.500. The van der Waals surface area contributed by atoms with E-state index in [4.69, 9.17) is 4.74 Å². The average molecular weight is 285 g/mol. The standard InChI is InChI=1S/C14H17F2NO3/c1-14(13(18)19,17-8-10-3-2-6-20-10)11-7-9(15)4-5-12(11)16/h4-5,7,10,17H,2-3,6,8H2,1H3,(H,18,19). The molecule has 1 heterocycles. The number of hydrogen-bond acceptors (Lipinski definition) is 3. The van der Waals surface area contributed by atoms with Crippen molar-refractivity contribution >= 4 is 5.97 Å². The van der Waals surface area contributed by atoms with E-state index in [0.717, 1.165) is 31.0 Å². The summed E-state index contributed by atoms with van der Waals surface area (Å²) in [5, 5.41) is 12.2. The molecule has 1 aromatic rings. The Morgan fingerprint density at radius 3 is 2.90 bits per heavy atom. The van der Waals surface area contributed by atoms with Crippen LogP contribution in [0.5, 0.6) is 0 Å². The maximum Gasteiger partial charge on any atom is 0.328 e. The molecule has 0 bridgehead atoms. The molecule has 110 valence electrons. The molecule has 0 saturated carbocycles. The summed E-state index contributed by atoms with van der Waals surface area (Å²) in [6, 6.07) is 2.80. The molecule has 1 aliphatic rings. The van der Waals surface area contributed by atoms with Crippen LogP contribution < -0.4 is 5.32 Å². The van der Waals surface area contributed by atoms with Gasteiger partial charge in [-0.1, -0.05) is 0 Å². The van der Waals surface area contributed by atoms with Crippen LogP contribution >= 0.6 is 0 Å². The van der Waals surface area contributed by atoms with E-state index in [0.29, 0.717) is 6.61 Å². The summed E-state index contributed by atoms with van der Waals surface area (Å²) in [4.78, 5) is 11.5.